The van der Waals surface area contributed by atoms with Gasteiger partial charge in [0.05, 0.1) is 12.6 Å². The first kappa shape index (κ1) is 19.7. The molecule has 2 aliphatic heterocycles. The van der Waals surface area contributed by atoms with Crippen LogP contribution in [0.25, 0.3) is 0 Å². The molecule has 0 radical (unpaired) electrons. The van der Waals surface area contributed by atoms with Crippen molar-refractivity contribution in [2.24, 2.45) is 5.92 Å². The van der Waals surface area contributed by atoms with E-state index in [0.717, 1.165) is 10.5 Å². The number of amides is 2. The minimum absolute atomic E-state index is 0.0449. The third-order valence-corrected chi connectivity index (χ3v) is 5.12. The lowest BCUT2D eigenvalue weighted by molar-refractivity contribution is -0.187. The van der Waals surface area contributed by atoms with E-state index in [-0.39, 0.29) is 50.0 Å². The number of rotatable bonds is 2. The first-order valence-corrected chi connectivity index (χ1v) is 9.11. The average Bonchev–Trinajstić information content (AvgIpc) is 2.66. The standard InChI is InChI=1S/C19H23F3N2O3/c1-13-11-24(12-16(27-13)14-5-3-2-4-6-14)17(25)15-7-9-23(10-8-15)18(26)19(20,21)22/h2-6,13,15-16H,7-12H2,1H3. The Morgan fingerprint density at radius 3 is 2.26 bits per heavy atom. The molecular formula is C19H23F3N2O3. The summed E-state index contributed by atoms with van der Waals surface area (Å²) in [4.78, 5) is 26.8. The molecule has 0 N–H and O–H groups in total. The van der Waals surface area contributed by atoms with Crippen LogP contribution in [0.5, 0.6) is 0 Å². The third kappa shape index (κ3) is 4.61. The topological polar surface area (TPSA) is 49.9 Å². The van der Waals surface area contributed by atoms with Gasteiger partial charge in [0.2, 0.25) is 5.91 Å². The summed E-state index contributed by atoms with van der Waals surface area (Å²) >= 11 is 0. The lowest BCUT2D eigenvalue weighted by Gasteiger charge is -2.40. The van der Waals surface area contributed by atoms with E-state index < -0.39 is 12.1 Å². The minimum atomic E-state index is -4.86. The molecule has 3 rings (SSSR count). The molecule has 2 unspecified atom stereocenters. The van der Waals surface area contributed by atoms with Crippen molar-refractivity contribution in [3.05, 3.63) is 35.9 Å². The highest BCUT2D eigenvalue weighted by atomic mass is 19.4. The lowest BCUT2D eigenvalue weighted by Crippen LogP contribution is -2.51. The average molecular weight is 384 g/mol. The molecule has 0 bridgehead atoms. The van der Waals surface area contributed by atoms with Crippen LogP contribution in [0, 0.1) is 5.92 Å². The number of carbonyl (C=O) groups is 2. The summed E-state index contributed by atoms with van der Waals surface area (Å²) in [6.45, 7) is 2.70. The Hall–Kier alpha value is -2.09. The number of benzene rings is 1. The predicted octanol–water partition coefficient (Wildman–Crippen LogP) is 2.78. The van der Waals surface area contributed by atoms with Crippen LogP contribution in [0.15, 0.2) is 30.3 Å². The number of likely N-dealkylation sites (tertiary alicyclic amines) is 1. The van der Waals surface area contributed by atoms with Gasteiger partial charge in [0, 0.05) is 25.6 Å². The van der Waals surface area contributed by atoms with E-state index in [4.69, 9.17) is 4.74 Å². The van der Waals surface area contributed by atoms with Crippen LogP contribution in [-0.4, -0.2) is 60.1 Å². The SMILES string of the molecule is CC1CN(C(=O)C2CCN(C(=O)C(F)(F)F)CC2)CC(c2ccccc2)O1. The fourth-order valence-electron chi connectivity index (χ4n) is 3.75. The van der Waals surface area contributed by atoms with Crippen molar-refractivity contribution in [3.63, 3.8) is 0 Å². The Morgan fingerprint density at radius 1 is 1.04 bits per heavy atom. The van der Waals surface area contributed by atoms with Gasteiger partial charge >= 0.3 is 12.1 Å². The molecule has 1 aromatic carbocycles. The molecule has 0 spiro atoms. The molecule has 27 heavy (non-hydrogen) atoms. The van der Waals surface area contributed by atoms with E-state index in [1.165, 1.54) is 0 Å². The Labute approximate surface area is 156 Å². The number of piperidine rings is 1. The molecule has 8 heteroatoms. The normalized spacial score (nSPS) is 24.7. The van der Waals surface area contributed by atoms with Gasteiger partial charge in [-0.2, -0.15) is 13.2 Å². The van der Waals surface area contributed by atoms with Crippen LogP contribution in [0.2, 0.25) is 0 Å². The van der Waals surface area contributed by atoms with Crippen molar-refractivity contribution >= 4 is 11.8 Å². The quantitative estimate of drug-likeness (QED) is 0.788. The number of alkyl halides is 3. The number of hydrogen-bond acceptors (Lipinski definition) is 3. The zero-order valence-electron chi connectivity index (χ0n) is 15.1. The van der Waals surface area contributed by atoms with E-state index in [0.29, 0.717) is 13.1 Å². The largest absolute Gasteiger partial charge is 0.471 e. The smallest absolute Gasteiger partial charge is 0.367 e. The van der Waals surface area contributed by atoms with Gasteiger partial charge in [-0.15, -0.1) is 0 Å². The minimum Gasteiger partial charge on any atom is -0.367 e. The molecule has 2 saturated heterocycles. The van der Waals surface area contributed by atoms with Crippen LogP contribution >= 0.6 is 0 Å². The fourth-order valence-corrected chi connectivity index (χ4v) is 3.75. The number of morpholine rings is 1. The van der Waals surface area contributed by atoms with Gasteiger partial charge in [0.1, 0.15) is 6.10 Å². The number of hydrogen-bond donors (Lipinski definition) is 0. The fraction of sp³-hybridized carbons (Fsp3) is 0.579. The van der Waals surface area contributed by atoms with Crippen molar-refractivity contribution in [2.75, 3.05) is 26.2 Å². The number of ether oxygens (including phenoxy) is 1. The molecule has 2 fully saturated rings. The molecular weight excluding hydrogens is 361 g/mol. The molecule has 0 aliphatic carbocycles. The summed E-state index contributed by atoms with van der Waals surface area (Å²) in [6, 6.07) is 9.64. The maximum Gasteiger partial charge on any atom is 0.471 e. The maximum atomic E-state index is 12.9. The van der Waals surface area contributed by atoms with Gasteiger partial charge in [-0.05, 0) is 25.3 Å². The first-order chi connectivity index (χ1) is 12.8. The summed E-state index contributed by atoms with van der Waals surface area (Å²) in [5.41, 5.74) is 0.993. The van der Waals surface area contributed by atoms with Crippen molar-refractivity contribution < 1.29 is 27.5 Å². The molecule has 5 nitrogen and oxygen atoms in total. The monoisotopic (exact) mass is 384 g/mol. The van der Waals surface area contributed by atoms with Gasteiger partial charge in [-0.3, -0.25) is 9.59 Å². The highest BCUT2D eigenvalue weighted by molar-refractivity contribution is 5.83. The van der Waals surface area contributed by atoms with Crippen LogP contribution in [0.3, 0.4) is 0 Å². The number of carbonyl (C=O) groups excluding carboxylic acids is 2. The summed E-state index contributed by atoms with van der Waals surface area (Å²) in [6.07, 6.45) is -4.70. The maximum absolute atomic E-state index is 12.9. The van der Waals surface area contributed by atoms with E-state index in [1.54, 1.807) is 4.90 Å². The van der Waals surface area contributed by atoms with Crippen LogP contribution in [-0.2, 0) is 14.3 Å². The predicted molar refractivity (Wildman–Crippen MR) is 91.7 cm³/mol. The molecule has 0 aromatic heterocycles. The number of nitrogens with zero attached hydrogens (tertiary/aromatic N) is 2. The van der Waals surface area contributed by atoms with Gasteiger partial charge < -0.3 is 14.5 Å². The highest BCUT2D eigenvalue weighted by Gasteiger charge is 2.44. The summed E-state index contributed by atoms with van der Waals surface area (Å²) < 4.78 is 43.6. The summed E-state index contributed by atoms with van der Waals surface area (Å²) in [5.74, 6) is -2.24. The van der Waals surface area contributed by atoms with E-state index >= 15 is 0 Å². The van der Waals surface area contributed by atoms with Gasteiger partial charge in [0.25, 0.3) is 0 Å². The Morgan fingerprint density at radius 2 is 1.67 bits per heavy atom. The van der Waals surface area contributed by atoms with E-state index in [9.17, 15) is 22.8 Å². The third-order valence-electron chi connectivity index (χ3n) is 5.12. The van der Waals surface area contributed by atoms with Crippen molar-refractivity contribution in [3.8, 4) is 0 Å². The van der Waals surface area contributed by atoms with Crippen molar-refractivity contribution in [2.45, 2.75) is 38.1 Å². The Balaban J connectivity index is 1.60. The number of halogens is 3. The van der Waals surface area contributed by atoms with Crippen LogP contribution in [0.1, 0.15) is 31.4 Å². The van der Waals surface area contributed by atoms with Crippen molar-refractivity contribution in [1.82, 2.24) is 9.80 Å². The van der Waals surface area contributed by atoms with Gasteiger partial charge in [-0.25, -0.2) is 0 Å². The zero-order chi connectivity index (χ0) is 19.6. The molecule has 2 aliphatic rings. The molecule has 2 heterocycles. The highest BCUT2D eigenvalue weighted by Crippen LogP contribution is 2.29. The van der Waals surface area contributed by atoms with Crippen molar-refractivity contribution in [1.29, 1.82) is 0 Å². The van der Waals surface area contributed by atoms with Crippen LogP contribution in [0.4, 0.5) is 13.2 Å². The Bertz CT molecular complexity index is 673. The Kier molecular flexibility index (Phi) is 5.74. The van der Waals surface area contributed by atoms with Gasteiger partial charge in [-0.1, -0.05) is 30.3 Å². The first-order valence-electron chi connectivity index (χ1n) is 9.11. The van der Waals surface area contributed by atoms with Gasteiger partial charge in [0.15, 0.2) is 0 Å². The molecule has 0 saturated carbocycles. The van der Waals surface area contributed by atoms with Crippen LogP contribution < -0.4 is 0 Å². The second-order valence-electron chi connectivity index (χ2n) is 7.15. The second-order valence-corrected chi connectivity index (χ2v) is 7.15. The zero-order valence-corrected chi connectivity index (χ0v) is 15.1. The lowest BCUT2D eigenvalue weighted by atomic mass is 9.94. The molecule has 1 aromatic rings. The van der Waals surface area contributed by atoms with E-state index in [1.807, 2.05) is 37.3 Å². The van der Waals surface area contributed by atoms with E-state index in [2.05, 4.69) is 0 Å². The second kappa shape index (κ2) is 7.88. The molecule has 2 amide bonds. The summed E-state index contributed by atoms with van der Waals surface area (Å²) in [7, 11) is 0. The molecule has 2 atom stereocenters. The summed E-state index contributed by atoms with van der Waals surface area (Å²) in [5, 5.41) is 0. The molecule has 148 valence electrons.